The Labute approximate surface area is 275 Å². The van der Waals surface area contributed by atoms with E-state index >= 15 is 0 Å². The fourth-order valence-electron chi connectivity index (χ4n) is 5.52. The number of aromatic nitrogens is 4. The predicted molar refractivity (Wildman–Crippen MR) is 180 cm³/mol. The van der Waals surface area contributed by atoms with Gasteiger partial charge in [-0.2, -0.15) is 4.36 Å². The van der Waals surface area contributed by atoms with Crippen LogP contribution in [0.1, 0.15) is 33.3 Å². The van der Waals surface area contributed by atoms with Crippen molar-refractivity contribution in [1.29, 1.82) is 0 Å². The van der Waals surface area contributed by atoms with Crippen molar-refractivity contribution >= 4 is 48.5 Å². The molecule has 5 heterocycles. The smallest absolute Gasteiger partial charge is 0.410 e. The van der Waals surface area contributed by atoms with Crippen LogP contribution in [-0.4, -0.2) is 98.5 Å². The Morgan fingerprint density at radius 2 is 1.79 bits per heavy atom. The summed E-state index contributed by atoms with van der Waals surface area (Å²) < 4.78 is 58.2. The fraction of sp³-hybridized carbons (Fsp3) is 0.438. The first-order chi connectivity index (χ1) is 22.2. The van der Waals surface area contributed by atoms with Gasteiger partial charge in [0, 0.05) is 49.0 Å². The van der Waals surface area contributed by atoms with Gasteiger partial charge in [-0.25, -0.2) is 36.3 Å². The van der Waals surface area contributed by atoms with Crippen LogP contribution < -0.4 is 4.90 Å². The number of morpholine rings is 1. The molecule has 47 heavy (non-hydrogen) atoms. The Balaban J connectivity index is 1.40. The highest BCUT2D eigenvalue weighted by molar-refractivity contribution is 7.93. The Bertz CT molecular complexity index is 2030. The number of anilines is 1. The number of ether oxygens (including phenoxy) is 2. The van der Waals surface area contributed by atoms with Crippen LogP contribution in [0.2, 0.25) is 0 Å². The molecule has 0 radical (unpaired) electrons. The normalized spacial score (nSPS) is 18.7. The van der Waals surface area contributed by atoms with Crippen LogP contribution in [0.4, 0.5) is 16.4 Å². The maximum atomic E-state index is 14.0. The molecule has 2 saturated heterocycles. The lowest BCUT2D eigenvalue weighted by Crippen LogP contribution is -2.45. The van der Waals surface area contributed by atoms with Crippen molar-refractivity contribution in [2.45, 2.75) is 51.2 Å². The van der Waals surface area contributed by atoms with E-state index < -0.39 is 31.4 Å². The minimum atomic E-state index is -3.93. The van der Waals surface area contributed by atoms with Gasteiger partial charge < -0.3 is 19.3 Å². The summed E-state index contributed by atoms with van der Waals surface area (Å²) in [5.41, 5.74) is 1.11. The van der Waals surface area contributed by atoms with Gasteiger partial charge in [-0.15, -0.1) is 0 Å². The van der Waals surface area contributed by atoms with Gasteiger partial charge in [0.25, 0.3) is 10.0 Å². The lowest BCUT2D eigenvalue weighted by atomic mass is 10.1. The molecule has 0 saturated carbocycles. The molecule has 0 N–H and O–H groups in total. The molecule has 3 aromatic heterocycles. The third-order valence-electron chi connectivity index (χ3n) is 8.01. The highest BCUT2D eigenvalue weighted by atomic mass is 32.2. The van der Waals surface area contributed by atoms with Gasteiger partial charge in [-0.1, -0.05) is 17.7 Å². The Hall–Kier alpha value is -4.08. The van der Waals surface area contributed by atoms with Crippen molar-refractivity contribution in [3.05, 3.63) is 60.4 Å². The number of hydrogen-bond acceptors (Lipinski definition) is 11. The first kappa shape index (κ1) is 32.8. The monoisotopic (exact) mass is 681 g/mol. The molecule has 1 atom stereocenters. The zero-order valence-electron chi connectivity index (χ0n) is 27.1. The number of fused-ring (bicyclic) bond motifs is 1. The zero-order valence-corrected chi connectivity index (χ0v) is 28.8. The second kappa shape index (κ2) is 12.5. The van der Waals surface area contributed by atoms with Crippen LogP contribution in [0.3, 0.4) is 0 Å². The summed E-state index contributed by atoms with van der Waals surface area (Å²) in [6.45, 7) is 11.5. The van der Waals surface area contributed by atoms with Crippen LogP contribution in [-0.2, 0) is 29.2 Å². The summed E-state index contributed by atoms with van der Waals surface area (Å²) in [5, 5.41) is 0.538. The first-order valence-corrected chi connectivity index (χ1v) is 18.7. The van der Waals surface area contributed by atoms with Gasteiger partial charge in [-0.05, 0) is 58.9 Å². The van der Waals surface area contributed by atoms with E-state index in [0.29, 0.717) is 42.4 Å². The molecule has 15 heteroatoms. The molecule has 6 rings (SSSR count). The molecule has 2 fully saturated rings. The maximum absolute atomic E-state index is 14.0. The number of carbonyl (C=O) groups excluding carboxylic acids is 1. The molecule has 2 aliphatic rings. The van der Waals surface area contributed by atoms with Crippen molar-refractivity contribution in [1.82, 2.24) is 23.8 Å². The van der Waals surface area contributed by atoms with Gasteiger partial charge in [0.2, 0.25) is 0 Å². The number of rotatable bonds is 5. The van der Waals surface area contributed by atoms with Gasteiger partial charge in [0.1, 0.15) is 11.4 Å². The number of aryl methyl sites for hydroxylation is 1. The third kappa shape index (κ3) is 6.97. The van der Waals surface area contributed by atoms with E-state index in [4.69, 9.17) is 19.4 Å². The molecule has 0 aliphatic carbocycles. The zero-order chi connectivity index (χ0) is 33.6. The molecule has 13 nitrogen and oxygen atoms in total. The van der Waals surface area contributed by atoms with E-state index in [9.17, 15) is 17.4 Å². The van der Waals surface area contributed by atoms with E-state index in [0.717, 1.165) is 9.54 Å². The highest BCUT2D eigenvalue weighted by Crippen LogP contribution is 2.32. The second-order valence-electron chi connectivity index (χ2n) is 12.8. The summed E-state index contributed by atoms with van der Waals surface area (Å²) in [7, 11) is -6.69. The van der Waals surface area contributed by atoms with Crippen molar-refractivity contribution in [2.24, 2.45) is 4.36 Å². The van der Waals surface area contributed by atoms with Crippen LogP contribution in [0.5, 0.6) is 0 Å². The summed E-state index contributed by atoms with van der Waals surface area (Å²) in [6.07, 6.45) is 2.56. The lowest BCUT2D eigenvalue weighted by Gasteiger charge is -2.34. The number of benzene rings is 1. The van der Waals surface area contributed by atoms with Crippen LogP contribution in [0.15, 0.2) is 64.1 Å². The van der Waals surface area contributed by atoms with E-state index in [1.54, 1.807) is 68.1 Å². The number of nitrogens with zero attached hydrogens (tertiary/aromatic N) is 7. The topological polar surface area (TPSA) is 149 Å². The van der Waals surface area contributed by atoms with Crippen molar-refractivity contribution in [2.75, 3.05) is 49.3 Å². The van der Waals surface area contributed by atoms with Crippen molar-refractivity contribution in [3.63, 3.8) is 0 Å². The molecule has 0 spiro atoms. The van der Waals surface area contributed by atoms with Crippen molar-refractivity contribution < 1.29 is 26.9 Å². The predicted octanol–water partition coefficient (Wildman–Crippen LogP) is 4.61. The number of amides is 1. The van der Waals surface area contributed by atoms with Gasteiger partial charge in [0.15, 0.2) is 17.3 Å². The molecular formula is C32H39N7O6S2. The Morgan fingerprint density at radius 1 is 1.06 bits per heavy atom. The molecule has 1 amide bonds. The summed E-state index contributed by atoms with van der Waals surface area (Å²) >= 11 is 0. The Kier molecular flexibility index (Phi) is 8.74. The molecule has 0 bridgehead atoms. The summed E-state index contributed by atoms with van der Waals surface area (Å²) in [6, 6.07) is 11.8. The van der Waals surface area contributed by atoms with Gasteiger partial charge in [0.05, 0.1) is 45.4 Å². The molecule has 1 aromatic carbocycles. The average molecular weight is 682 g/mol. The van der Waals surface area contributed by atoms with E-state index in [-0.39, 0.29) is 47.0 Å². The van der Waals surface area contributed by atoms with E-state index in [1.807, 2.05) is 13.8 Å². The second-order valence-corrected chi connectivity index (χ2v) is 17.1. The van der Waals surface area contributed by atoms with E-state index in [2.05, 4.69) is 14.2 Å². The largest absolute Gasteiger partial charge is 0.444 e. The highest BCUT2D eigenvalue weighted by Gasteiger charge is 2.29. The molecule has 2 aliphatic heterocycles. The summed E-state index contributed by atoms with van der Waals surface area (Å²) in [5.74, 6) is 1.49. The number of carbonyl (C=O) groups is 1. The molecular weight excluding hydrogens is 643 g/mol. The molecule has 4 aromatic rings. The SMILES string of the molecule is Cc1ccc(S(=O)(=O)n2ccc3c(-c4nc(N=S5(=O)CCN(C(=O)OC(C)(C)C)CC5)cc(N5CCOC[C@H]5C)n4)ccnc32)cc1. The standard InChI is InChI=1S/C32H39N7O6S2/c1-22-6-8-24(9-7-22)47(42,43)39-13-11-26-25(10-12-33-30(26)39)29-34-27(20-28(35-29)38-14-17-44-21-23(38)2)36-46(41)18-15-37(16-19-46)31(40)45-32(3,4)5/h6-13,20,23H,14-19,21H2,1-5H3/t23-/m1/s1. The van der Waals surface area contributed by atoms with Crippen LogP contribution in [0.25, 0.3) is 22.4 Å². The van der Waals surface area contributed by atoms with Crippen molar-refractivity contribution in [3.8, 4) is 11.4 Å². The fourth-order valence-corrected chi connectivity index (χ4v) is 8.66. The quantitative estimate of drug-likeness (QED) is 0.292. The first-order valence-electron chi connectivity index (χ1n) is 15.5. The third-order valence-corrected chi connectivity index (χ3v) is 11.8. The maximum Gasteiger partial charge on any atom is 0.410 e. The molecule has 0 unspecified atom stereocenters. The number of hydrogen-bond donors (Lipinski definition) is 0. The van der Waals surface area contributed by atoms with Gasteiger partial charge >= 0.3 is 6.09 Å². The van der Waals surface area contributed by atoms with Crippen LogP contribution >= 0.6 is 0 Å². The van der Waals surface area contributed by atoms with Crippen LogP contribution in [0, 0.1) is 6.92 Å². The lowest BCUT2D eigenvalue weighted by molar-refractivity contribution is 0.0268. The Morgan fingerprint density at radius 3 is 2.47 bits per heavy atom. The minimum absolute atomic E-state index is 0.0168. The summed E-state index contributed by atoms with van der Waals surface area (Å²) in [4.78, 5) is 30.5. The average Bonchev–Trinajstić information content (AvgIpc) is 3.46. The minimum Gasteiger partial charge on any atom is -0.444 e. The number of pyridine rings is 1. The van der Waals surface area contributed by atoms with Gasteiger partial charge in [-0.3, -0.25) is 0 Å². The molecule has 250 valence electrons. The van der Waals surface area contributed by atoms with E-state index in [1.165, 1.54) is 12.4 Å².